The summed E-state index contributed by atoms with van der Waals surface area (Å²) >= 11 is 0. The van der Waals surface area contributed by atoms with Crippen LogP contribution >= 0.6 is 0 Å². The fraction of sp³-hybridized carbons (Fsp3) is 0.812. The lowest BCUT2D eigenvalue weighted by molar-refractivity contribution is -0.136. The molecule has 19 heavy (non-hydrogen) atoms. The summed E-state index contributed by atoms with van der Waals surface area (Å²) in [5, 5.41) is 9.56. The van der Waals surface area contributed by atoms with Crippen molar-refractivity contribution in [2.75, 3.05) is 6.61 Å². The molecule has 0 radical (unpaired) electrons. The van der Waals surface area contributed by atoms with Crippen molar-refractivity contribution >= 4 is 5.97 Å². The maximum Gasteiger partial charge on any atom is 0.384 e. The summed E-state index contributed by atoms with van der Waals surface area (Å²) in [5.41, 5.74) is 0. The zero-order valence-electron chi connectivity index (χ0n) is 12.4. The molecule has 0 aliphatic heterocycles. The Morgan fingerprint density at radius 1 is 1.05 bits per heavy atom. The smallest absolute Gasteiger partial charge is 0.384 e. The number of ether oxygens (including phenoxy) is 1. The molecule has 0 bridgehead atoms. The van der Waals surface area contributed by atoms with Crippen LogP contribution in [0.5, 0.6) is 0 Å². The normalized spacial score (nSPS) is 11.5. The number of hydrogen-bond donors (Lipinski definition) is 1. The minimum Gasteiger partial charge on any atom is -0.456 e. The van der Waals surface area contributed by atoms with E-state index in [1.807, 2.05) is 0 Å². The Hall–Kier alpha value is -1.01. The van der Waals surface area contributed by atoms with Gasteiger partial charge in [0.25, 0.3) is 0 Å². The Bertz CT molecular complexity index is 275. The molecule has 3 heteroatoms. The lowest BCUT2D eigenvalue weighted by Gasteiger charge is -2.03. The molecule has 0 saturated heterocycles. The molecule has 0 aromatic heterocycles. The molecule has 0 spiro atoms. The molecule has 0 saturated carbocycles. The number of aliphatic hydroxyl groups is 1. The van der Waals surface area contributed by atoms with Crippen LogP contribution in [0.2, 0.25) is 0 Å². The van der Waals surface area contributed by atoms with Gasteiger partial charge in [-0.1, -0.05) is 57.8 Å². The summed E-state index contributed by atoms with van der Waals surface area (Å²) in [6.07, 6.45) is 9.81. The first kappa shape index (κ1) is 18.0. The lowest BCUT2D eigenvalue weighted by Crippen LogP contribution is -2.05. The van der Waals surface area contributed by atoms with E-state index in [0.29, 0.717) is 13.0 Å². The third-order valence-corrected chi connectivity index (χ3v) is 2.95. The molecule has 1 atom stereocenters. The number of carbonyl (C=O) groups excluding carboxylic acids is 1. The summed E-state index contributed by atoms with van der Waals surface area (Å²) in [5.74, 6) is 4.26. The molecule has 1 N–H and O–H groups in total. The standard InChI is InChI=1S/C16H28O3/c1-3-5-6-7-8-9-10-11-12-15(17)13-14-16(18)19-4-2/h15,17H,3-12H2,1-2H3. The molecule has 0 aromatic rings. The average molecular weight is 268 g/mol. The molecule has 0 fully saturated rings. The van der Waals surface area contributed by atoms with E-state index >= 15 is 0 Å². The van der Waals surface area contributed by atoms with Crippen LogP contribution in [0.4, 0.5) is 0 Å². The van der Waals surface area contributed by atoms with Gasteiger partial charge >= 0.3 is 5.97 Å². The molecule has 0 aromatic carbocycles. The summed E-state index contributed by atoms with van der Waals surface area (Å²) in [7, 11) is 0. The highest BCUT2D eigenvalue weighted by atomic mass is 16.5. The Morgan fingerprint density at radius 3 is 2.21 bits per heavy atom. The molecule has 110 valence electrons. The van der Waals surface area contributed by atoms with Gasteiger partial charge in [0.1, 0.15) is 6.10 Å². The highest BCUT2D eigenvalue weighted by Gasteiger charge is 2.00. The van der Waals surface area contributed by atoms with Crippen LogP contribution < -0.4 is 0 Å². The minimum absolute atomic E-state index is 0.321. The molecule has 1 unspecified atom stereocenters. The molecule has 0 heterocycles. The summed E-state index contributed by atoms with van der Waals surface area (Å²) < 4.78 is 4.66. The predicted octanol–water partition coefficient (Wildman–Crippen LogP) is 3.44. The van der Waals surface area contributed by atoms with Gasteiger partial charge in [0, 0.05) is 5.92 Å². The van der Waals surface area contributed by atoms with Crippen molar-refractivity contribution < 1.29 is 14.6 Å². The first-order valence-electron chi connectivity index (χ1n) is 7.57. The highest BCUT2D eigenvalue weighted by molar-refractivity contribution is 5.88. The molecule has 3 nitrogen and oxygen atoms in total. The van der Waals surface area contributed by atoms with Crippen LogP contribution in [0, 0.1) is 11.8 Å². The number of hydrogen-bond acceptors (Lipinski definition) is 3. The Labute approximate surface area is 117 Å². The minimum atomic E-state index is -0.704. The third kappa shape index (κ3) is 13.2. The van der Waals surface area contributed by atoms with E-state index in [9.17, 15) is 9.90 Å². The van der Waals surface area contributed by atoms with E-state index in [0.717, 1.165) is 12.8 Å². The molecule has 0 aliphatic carbocycles. The molecule has 0 rings (SSSR count). The maximum atomic E-state index is 10.9. The van der Waals surface area contributed by atoms with Crippen molar-refractivity contribution in [1.82, 2.24) is 0 Å². The van der Waals surface area contributed by atoms with E-state index < -0.39 is 12.1 Å². The third-order valence-electron chi connectivity index (χ3n) is 2.95. The average Bonchev–Trinajstić information content (AvgIpc) is 2.40. The first-order chi connectivity index (χ1) is 9.20. The second kappa shape index (κ2) is 13.4. The van der Waals surface area contributed by atoms with Gasteiger partial charge in [-0.15, -0.1) is 0 Å². The maximum absolute atomic E-state index is 10.9. The van der Waals surface area contributed by atoms with Crippen molar-refractivity contribution in [2.24, 2.45) is 0 Å². The lowest BCUT2D eigenvalue weighted by atomic mass is 10.1. The largest absolute Gasteiger partial charge is 0.456 e. The molecular weight excluding hydrogens is 240 g/mol. The van der Waals surface area contributed by atoms with Crippen molar-refractivity contribution in [3.63, 3.8) is 0 Å². The zero-order chi connectivity index (χ0) is 14.3. The number of rotatable bonds is 10. The Kier molecular flexibility index (Phi) is 12.7. The fourth-order valence-corrected chi connectivity index (χ4v) is 1.85. The van der Waals surface area contributed by atoms with Gasteiger partial charge in [0.2, 0.25) is 0 Å². The molecule has 0 amide bonds. The van der Waals surface area contributed by atoms with Crippen molar-refractivity contribution in [3.8, 4) is 11.8 Å². The zero-order valence-corrected chi connectivity index (χ0v) is 12.4. The van der Waals surface area contributed by atoms with Gasteiger partial charge < -0.3 is 9.84 Å². The second-order valence-corrected chi connectivity index (χ2v) is 4.77. The summed E-state index contributed by atoms with van der Waals surface area (Å²) in [6.45, 7) is 4.27. The number of unbranched alkanes of at least 4 members (excludes halogenated alkanes) is 7. The SMILES string of the molecule is CCCCCCCCCCC(O)C#CC(=O)OCC. The van der Waals surface area contributed by atoms with E-state index in [4.69, 9.17) is 0 Å². The van der Waals surface area contributed by atoms with E-state index in [-0.39, 0.29) is 0 Å². The van der Waals surface area contributed by atoms with Crippen LogP contribution in [0.25, 0.3) is 0 Å². The van der Waals surface area contributed by atoms with Gasteiger partial charge in [-0.05, 0) is 19.8 Å². The molecular formula is C16H28O3. The van der Waals surface area contributed by atoms with E-state index in [1.54, 1.807) is 6.92 Å². The van der Waals surface area contributed by atoms with Crippen molar-refractivity contribution in [2.45, 2.75) is 77.7 Å². The van der Waals surface area contributed by atoms with Crippen LogP contribution in [0.15, 0.2) is 0 Å². The van der Waals surface area contributed by atoms with Crippen molar-refractivity contribution in [3.05, 3.63) is 0 Å². The van der Waals surface area contributed by atoms with Crippen LogP contribution in [0.3, 0.4) is 0 Å². The van der Waals surface area contributed by atoms with Gasteiger partial charge in [0.05, 0.1) is 6.61 Å². The molecule has 0 aliphatic rings. The van der Waals surface area contributed by atoms with Crippen LogP contribution in [-0.2, 0) is 9.53 Å². The van der Waals surface area contributed by atoms with E-state index in [1.165, 1.54) is 38.5 Å². The highest BCUT2D eigenvalue weighted by Crippen LogP contribution is 2.10. The van der Waals surface area contributed by atoms with Crippen molar-refractivity contribution in [1.29, 1.82) is 0 Å². The van der Waals surface area contributed by atoms with Gasteiger partial charge in [0.15, 0.2) is 0 Å². The predicted molar refractivity (Wildman–Crippen MR) is 77.6 cm³/mol. The fourth-order valence-electron chi connectivity index (χ4n) is 1.85. The summed E-state index contributed by atoms with van der Waals surface area (Å²) in [4.78, 5) is 10.9. The quantitative estimate of drug-likeness (QED) is 0.286. The van der Waals surface area contributed by atoms with E-state index in [2.05, 4.69) is 23.5 Å². The van der Waals surface area contributed by atoms with Gasteiger partial charge in [-0.2, -0.15) is 0 Å². The van der Waals surface area contributed by atoms with Crippen LogP contribution in [0.1, 0.15) is 71.6 Å². The summed E-state index contributed by atoms with van der Waals surface area (Å²) in [6, 6.07) is 0. The number of carbonyl (C=O) groups is 1. The Morgan fingerprint density at radius 2 is 1.63 bits per heavy atom. The van der Waals surface area contributed by atoms with Gasteiger partial charge in [-0.3, -0.25) is 0 Å². The number of aliphatic hydroxyl groups excluding tert-OH is 1. The van der Waals surface area contributed by atoms with Crippen LogP contribution in [-0.4, -0.2) is 23.8 Å². The monoisotopic (exact) mass is 268 g/mol. The topological polar surface area (TPSA) is 46.5 Å². The Balaban J connectivity index is 3.43. The number of esters is 1. The first-order valence-corrected chi connectivity index (χ1v) is 7.57. The second-order valence-electron chi connectivity index (χ2n) is 4.77. The van der Waals surface area contributed by atoms with Gasteiger partial charge in [-0.25, -0.2) is 4.79 Å².